The van der Waals surface area contributed by atoms with Gasteiger partial charge >= 0.3 is 6.61 Å². The third kappa shape index (κ3) is 6.57. The van der Waals surface area contributed by atoms with E-state index < -0.39 is 6.61 Å². The number of nitrogens with one attached hydrogen (secondary N) is 2. The van der Waals surface area contributed by atoms with Gasteiger partial charge < -0.3 is 24.8 Å². The fourth-order valence-corrected chi connectivity index (χ4v) is 2.37. The molecule has 1 heterocycles. The SMILES string of the molecule is CCNC(=NCc1cc(OC)ccc1OC(F)F)NCc1cccc(OC)n1. The van der Waals surface area contributed by atoms with E-state index in [1.807, 2.05) is 19.1 Å². The molecule has 0 fully saturated rings. The summed E-state index contributed by atoms with van der Waals surface area (Å²) >= 11 is 0. The molecular weight excluding hydrogens is 370 g/mol. The highest BCUT2D eigenvalue weighted by Crippen LogP contribution is 2.26. The number of ether oxygens (including phenoxy) is 3. The molecule has 0 bridgehead atoms. The maximum atomic E-state index is 12.6. The summed E-state index contributed by atoms with van der Waals surface area (Å²) < 4.78 is 40.1. The minimum absolute atomic E-state index is 0.0601. The molecule has 0 aliphatic heterocycles. The predicted octanol–water partition coefficient (Wildman–Crippen LogP) is 2.96. The third-order valence-corrected chi connectivity index (χ3v) is 3.66. The van der Waals surface area contributed by atoms with Gasteiger partial charge in [-0.05, 0) is 31.2 Å². The smallest absolute Gasteiger partial charge is 0.387 e. The first kappa shape index (κ1) is 21.2. The van der Waals surface area contributed by atoms with Gasteiger partial charge in [0.05, 0.1) is 33.0 Å². The monoisotopic (exact) mass is 394 g/mol. The van der Waals surface area contributed by atoms with Crippen LogP contribution >= 0.6 is 0 Å². The van der Waals surface area contributed by atoms with Crippen LogP contribution in [0.4, 0.5) is 8.78 Å². The number of aromatic nitrogens is 1. The first-order chi connectivity index (χ1) is 13.5. The van der Waals surface area contributed by atoms with E-state index in [0.29, 0.717) is 36.2 Å². The van der Waals surface area contributed by atoms with Gasteiger partial charge in [0.2, 0.25) is 5.88 Å². The highest BCUT2D eigenvalue weighted by atomic mass is 19.3. The Labute approximate surface area is 162 Å². The van der Waals surface area contributed by atoms with Gasteiger partial charge in [0.25, 0.3) is 0 Å². The van der Waals surface area contributed by atoms with Crippen molar-refractivity contribution in [3.05, 3.63) is 47.7 Å². The van der Waals surface area contributed by atoms with Crippen LogP contribution in [0.3, 0.4) is 0 Å². The quantitative estimate of drug-likeness (QED) is 0.503. The van der Waals surface area contributed by atoms with E-state index in [9.17, 15) is 8.78 Å². The summed E-state index contributed by atoms with van der Waals surface area (Å²) in [4.78, 5) is 8.76. The Kier molecular flexibility index (Phi) is 8.26. The number of rotatable bonds is 9. The zero-order valence-electron chi connectivity index (χ0n) is 16.0. The molecule has 28 heavy (non-hydrogen) atoms. The van der Waals surface area contributed by atoms with E-state index in [1.54, 1.807) is 25.3 Å². The second-order valence-corrected chi connectivity index (χ2v) is 5.57. The van der Waals surface area contributed by atoms with Crippen molar-refractivity contribution in [2.45, 2.75) is 26.6 Å². The van der Waals surface area contributed by atoms with Crippen LogP contribution in [0, 0.1) is 0 Å². The largest absolute Gasteiger partial charge is 0.497 e. The van der Waals surface area contributed by atoms with Crippen LogP contribution < -0.4 is 24.8 Å². The van der Waals surface area contributed by atoms with Gasteiger partial charge in [-0.25, -0.2) is 9.98 Å². The van der Waals surface area contributed by atoms with Crippen LogP contribution in [0.1, 0.15) is 18.2 Å². The topological polar surface area (TPSA) is 77.0 Å². The van der Waals surface area contributed by atoms with E-state index in [2.05, 4.69) is 25.3 Å². The number of alkyl halides is 2. The Morgan fingerprint density at radius 2 is 1.96 bits per heavy atom. The summed E-state index contributed by atoms with van der Waals surface area (Å²) in [5.74, 6) is 1.62. The van der Waals surface area contributed by atoms with Crippen molar-refractivity contribution in [2.75, 3.05) is 20.8 Å². The van der Waals surface area contributed by atoms with Crippen LogP contribution in [0.5, 0.6) is 17.4 Å². The van der Waals surface area contributed by atoms with Crippen molar-refractivity contribution in [2.24, 2.45) is 4.99 Å². The number of benzene rings is 1. The standard InChI is InChI=1S/C19H24F2N4O3/c1-4-22-19(24-12-14-6-5-7-17(25-14)27-3)23-11-13-10-15(26-2)8-9-16(13)28-18(20)21/h5-10,18H,4,11-12H2,1-3H3,(H2,22,23,24). The molecule has 2 N–H and O–H groups in total. The van der Waals surface area contributed by atoms with Crippen LogP contribution in [0.25, 0.3) is 0 Å². The van der Waals surface area contributed by atoms with Gasteiger partial charge in [-0.2, -0.15) is 8.78 Å². The average Bonchev–Trinajstić information content (AvgIpc) is 2.70. The van der Waals surface area contributed by atoms with Gasteiger partial charge in [0.15, 0.2) is 5.96 Å². The van der Waals surface area contributed by atoms with Crippen molar-refractivity contribution in [3.8, 4) is 17.4 Å². The van der Waals surface area contributed by atoms with E-state index >= 15 is 0 Å². The zero-order valence-corrected chi connectivity index (χ0v) is 16.0. The molecule has 0 spiro atoms. The number of hydrogen-bond acceptors (Lipinski definition) is 5. The lowest BCUT2D eigenvalue weighted by Crippen LogP contribution is -2.37. The van der Waals surface area contributed by atoms with Crippen LogP contribution in [0.15, 0.2) is 41.4 Å². The second kappa shape index (κ2) is 10.9. The molecule has 0 saturated heterocycles. The Balaban J connectivity index is 2.12. The minimum atomic E-state index is -2.92. The van der Waals surface area contributed by atoms with Gasteiger partial charge in [-0.3, -0.25) is 0 Å². The summed E-state index contributed by atoms with van der Waals surface area (Å²) in [5, 5.41) is 6.25. The van der Waals surface area contributed by atoms with E-state index in [-0.39, 0.29) is 12.3 Å². The van der Waals surface area contributed by atoms with Crippen molar-refractivity contribution in [3.63, 3.8) is 0 Å². The normalized spacial score (nSPS) is 11.3. The Bertz CT molecular complexity index is 788. The fraction of sp³-hybridized carbons (Fsp3) is 0.368. The number of nitrogens with zero attached hydrogens (tertiary/aromatic N) is 2. The highest BCUT2D eigenvalue weighted by molar-refractivity contribution is 5.79. The predicted molar refractivity (Wildman–Crippen MR) is 102 cm³/mol. The maximum Gasteiger partial charge on any atom is 0.387 e. The zero-order chi connectivity index (χ0) is 20.4. The Morgan fingerprint density at radius 1 is 1.14 bits per heavy atom. The summed E-state index contributed by atoms with van der Waals surface area (Å²) in [6, 6.07) is 10.1. The summed E-state index contributed by atoms with van der Waals surface area (Å²) in [6.07, 6.45) is 0. The molecule has 7 nitrogen and oxygen atoms in total. The van der Waals surface area contributed by atoms with Crippen molar-refractivity contribution < 1.29 is 23.0 Å². The van der Waals surface area contributed by atoms with Crippen LogP contribution in [-0.2, 0) is 13.1 Å². The van der Waals surface area contributed by atoms with Crippen molar-refractivity contribution >= 4 is 5.96 Å². The fourth-order valence-electron chi connectivity index (χ4n) is 2.37. The Morgan fingerprint density at radius 3 is 2.64 bits per heavy atom. The average molecular weight is 394 g/mol. The van der Waals surface area contributed by atoms with Crippen LogP contribution in [0.2, 0.25) is 0 Å². The molecule has 152 valence electrons. The van der Waals surface area contributed by atoms with Crippen molar-refractivity contribution in [1.29, 1.82) is 0 Å². The molecule has 9 heteroatoms. The third-order valence-electron chi connectivity index (χ3n) is 3.66. The number of halogens is 2. The molecule has 0 aliphatic carbocycles. The first-order valence-electron chi connectivity index (χ1n) is 8.69. The molecule has 2 aromatic rings. The molecule has 2 rings (SSSR count). The highest BCUT2D eigenvalue weighted by Gasteiger charge is 2.11. The second-order valence-electron chi connectivity index (χ2n) is 5.57. The molecule has 0 aliphatic rings. The molecule has 1 aromatic carbocycles. The van der Waals surface area contributed by atoms with E-state index in [0.717, 1.165) is 5.69 Å². The molecule has 0 saturated carbocycles. The number of aliphatic imine (C=N–C) groups is 1. The van der Waals surface area contributed by atoms with Gasteiger partial charge in [-0.15, -0.1) is 0 Å². The lowest BCUT2D eigenvalue weighted by Gasteiger charge is -2.13. The van der Waals surface area contributed by atoms with Crippen molar-refractivity contribution in [1.82, 2.24) is 15.6 Å². The van der Waals surface area contributed by atoms with E-state index in [4.69, 9.17) is 9.47 Å². The number of hydrogen-bond donors (Lipinski definition) is 2. The number of methoxy groups -OCH3 is 2. The molecule has 0 atom stereocenters. The molecule has 0 unspecified atom stereocenters. The molecule has 0 amide bonds. The minimum Gasteiger partial charge on any atom is -0.497 e. The lowest BCUT2D eigenvalue weighted by molar-refractivity contribution is -0.0504. The maximum absolute atomic E-state index is 12.6. The lowest BCUT2D eigenvalue weighted by atomic mass is 10.2. The number of pyridine rings is 1. The van der Waals surface area contributed by atoms with Crippen LogP contribution in [-0.4, -0.2) is 38.3 Å². The van der Waals surface area contributed by atoms with Gasteiger partial charge in [0, 0.05) is 18.2 Å². The summed E-state index contributed by atoms with van der Waals surface area (Å²) in [7, 11) is 3.06. The van der Waals surface area contributed by atoms with E-state index in [1.165, 1.54) is 13.2 Å². The summed E-state index contributed by atoms with van der Waals surface area (Å²) in [6.45, 7) is 0.191. The van der Waals surface area contributed by atoms with Gasteiger partial charge in [-0.1, -0.05) is 6.07 Å². The molecule has 0 radical (unpaired) electrons. The van der Waals surface area contributed by atoms with Gasteiger partial charge in [0.1, 0.15) is 11.5 Å². The molecular formula is C19H24F2N4O3. The number of guanidine groups is 1. The molecule has 1 aromatic heterocycles. The Hall–Kier alpha value is -3.10. The first-order valence-corrected chi connectivity index (χ1v) is 8.69. The summed E-state index contributed by atoms with van der Waals surface area (Å²) in [5.41, 5.74) is 1.25.